The molecular weight excluding hydrogens is 503 g/mol. The zero-order valence-corrected chi connectivity index (χ0v) is 17.6. The number of para-hydroxylation sites is 1. The van der Waals surface area contributed by atoms with E-state index in [-0.39, 0.29) is 6.61 Å². The molecule has 0 heterocycles. The summed E-state index contributed by atoms with van der Waals surface area (Å²) in [4.78, 5) is 22.5. The van der Waals surface area contributed by atoms with Crippen LogP contribution in [0.15, 0.2) is 41.5 Å². The summed E-state index contributed by atoms with van der Waals surface area (Å²) in [7, 11) is 1.44. The second-order valence-electron chi connectivity index (χ2n) is 5.23. The number of methoxy groups -OCH3 is 1. The van der Waals surface area contributed by atoms with Gasteiger partial charge in [0.15, 0.2) is 24.7 Å². The van der Waals surface area contributed by atoms with E-state index in [2.05, 4.69) is 10.5 Å². The molecule has 28 heavy (non-hydrogen) atoms. The first-order valence-corrected chi connectivity index (χ1v) is 9.27. The second-order valence-corrected chi connectivity index (χ2v) is 6.80. The minimum Gasteiger partial charge on any atom is -0.493 e. The molecule has 0 bridgehead atoms. The Morgan fingerprint density at radius 1 is 1.21 bits per heavy atom. The predicted octanol–water partition coefficient (Wildman–Crippen LogP) is 2.95. The Hall–Kier alpha value is -2.53. The number of carbonyl (C=O) groups is 2. The summed E-state index contributed by atoms with van der Waals surface area (Å²) in [6, 6.07) is 10.1. The van der Waals surface area contributed by atoms with E-state index in [1.54, 1.807) is 36.4 Å². The Morgan fingerprint density at radius 3 is 2.64 bits per heavy atom. The second kappa shape index (κ2) is 10.7. The molecule has 2 aromatic carbocycles. The van der Waals surface area contributed by atoms with Crippen LogP contribution in [0, 0.1) is 3.57 Å². The molecule has 0 saturated carbocycles. The number of ether oxygens (including phenoxy) is 3. The summed E-state index contributed by atoms with van der Waals surface area (Å²) in [5.74, 6) is -0.480. The monoisotopic (exact) mass is 518 g/mol. The van der Waals surface area contributed by atoms with Crippen molar-refractivity contribution in [2.75, 3.05) is 20.3 Å². The van der Waals surface area contributed by atoms with Crippen LogP contribution in [0.2, 0.25) is 5.02 Å². The van der Waals surface area contributed by atoms with Gasteiger partial charge in [0.2, 0.25) is 0 Å². The molecule has 0 aliphatic carbocycles. The lowest BCUT2D eigenvalue weighted by Gasteiger charge is -2.12. The fourth-order valence-electron chi connectivity index (χ4n) is 2.00. The van der Waals surface area contributed by atoms with Crippen molar-refractivity contribution in [1.29, 1.82) is 0 Å². The molecule has 0 aliphatic heterocycles. The van der Waals surface area contributed by atoms with Crippen LogP contribution in [0.4, 0.5) is 0 Å². The summed E-state index contributed by atoms with van der Waals surface area (Å²) in [5, 5.41) is 13.0. The van der Waals surface area contributed by atoms with Crippen molar-refractivity contribution >= 4 is 52.3 Å². The van der Waals surface area contributed by atoms with Crippen LogP contribution in [0.1, 0.15) is 5.56 Å². The van der Waals surface area contributed by atoms with Gasteiger partial charge >= 0.3 is 5.97 Å². The molecule has 8 nitrogen and oxygen atoms in total. The third-order valence-electron chi connectivity index (χ3n) is 3.19. The summed E-state index contributed by atoms with van der Waals surface area (Å²) in [6.45, 7) is -0.731. The Labute approximate surface area is 179 Å². The number of halogens is 2. The quantitative estimate of drug-likeness (QED) is 0.300. The van der Waals surface area contributed by atoms with Crippen molar-refractivity contribution in [3.8, 4) is 17.2 Å². The number of hydrogen-bond acceptors (Lipinski definition) is 6. The van der Waals surface area contributed by atoms with Crippen LogP contribution in [0.5, 0.6) is 17.2 Å². The van der Waals surface area contributed by atoms with Crippen molar-refractivity contribution in [2.24, 2.45) is 5.10 Å². The zero-order chi connectivity index (χ0) is 20.5. The number of rotatable bonds is 9. The van der Waals surface area contributed by atoms with Crippen LogP contribution in [0.3, 0.4) is 0 Å². The average Bonchev–Trinajstić information content (AvgIpc) is 2.66. The molecule has 148 valence electrons. The van der Waals surface area contributed by atoms with Crippen molar-refractivity contribution in [1.82, 2.24) is 5.43 Å². The van der Waals surface area contributed by atoms with E-state index < -0.39 is 18.5 Å². The Bertz CT molecular complexity index is 890. The van der Waals surface area contributed by atoms with Gasteiger partial charge in [0.05, 0.1) is 21.9 Å². The third kappa shape index (κ3) is 6.57. The standard InChI is InChI=1S/C18H16ClIN2O6/c1-26-15-7-11(6-13(20)18(15)28-10-17(24)25)8-21-22-16(23)9-27-14-5-3-2-4-12(14)19/h2-8H,9-10H2,1H3,(H,22,23)(H,24,25)/b21-8-. The molecule has 0 atom stereocenters. The number of hydrogen-bond donors (Lipinski definition) is 2. The van der Waals surface area contributed by atoms with Gasteiger partial charge < -0.3 is 19.3 Å². The molecule has 2 rings (SSSR count). The highest BCUT2D eigenvalue weighted by atomic mass is 127. The lowest BCUT2D eigenvalue weighted by Crippen LogP contribution is -2.24. The lowest BCUT2D eigenvalue weighted by atomic mass is 10.2. The first-order valence-electron chi connectivity index (χ1n) is 7.82. The van der Waals surface area contributed by atoms with Gasteiger partial charge in [-0.25, -0.2) is 10.2 Å². The highest BCUT2D eigenvalue weighted by Crippen LogP contribution is 2.33. The molecule has 0 saturated heterocycles. The molecule has 10 heteroatoms. The maximum Gasteiger partial charge on any atom is 0.341 e. The Morgan fingerprint density at radius 2 is 1.96 bits per heavy atom. The van der Waals surface area contributed by atoms with Crippen LogP contribution in [-0.2, 0) is 9.59 Å². The van der Waals surface area contributed by atoms with Crippen molar-refractivity contribution in [3.05, 3.63) is 50.6 Å². The summed E-state index contributed by atoms with van der Waals surface area (Å²) in [5.41, 5.74) is 2.96. The van der Waals surface area contributed by atoms with Gasteiger partial charge in [-0.3, -0.25) is 4.79 Å². The van der Waals surface area contributed by atoms with E-state index in [1.807, 2.05) is 22.6 Å². The molecule has 0 spiro atoms. The predicted molar refractivity (Wildman–Crippen MR) is 112 cm³/mol. The fraction of sp³-hybridized carbons (Fsp3) is 0.167. The lowest BCUT2D eigenvalue weighted by molar-refractivity contribution is -0.139. The first kappa shape index (κ1) is 21.8. The van der Waals surface area contributed by atoms with E-state index in [0.29, 0.717) is 31.4 Å². The molecule has 0 aliphatic rings. The molecule has 2 N–H and O–H groups in total. The zero-order valence-electron chi connectivity index (χ0n) is 14.6. The molecular formula is C18H16ClIN2O6. The van der Waals surface area contributed by atoms with Gasteiger partial charge in [-0.05, 0) is 52.4 Å². The largest absolute Gasteiger partial charge is 0.493 e. The minimum absolute atomic E-state index is 0.246. The van der Waals surface area contributed by atoms with E-state index in [0.717, 1.165) is 0 Å². The molecule has 0 radical (unpaired) electrons. The number of nitrogens with zero attached hydrogens (tertiary/aromatic N) is 1. The van der Waals surface area contributed by atoms with E-state index in [9.17, 15) is 9.59 Å². The highest BCUT2D eigenvalue weighted by Gasteiger charge is 2.12. The molecule has 1 amide bonds. The van der Waals surface area contributed by atoms with Crippen LogP contribution < -0.4 is 19.6 Å². The number of amides is 1. The van der Waals surface area contributed by atoms with Gasteiger partial charge in [0, 0.05) is 0 Å². The SMILES string of the molecule is COc1cc(/C=N\NC(=O)COc2ccccc2Cl)cc(I)c1OCC(=O)O. The maximum absolute atomic E-state index is 11.8. The van der Waals surface area contributed by atoms with E-state index in [1.165, 1.54) is 13.3 Å². The van der Waals surface area contributed by atoms with Gasteiger partial charge in [-0.1, -0.05) is 23.7 Å². The van der Waals surface area contributed by atoms with Crippen LogP contribution in [0.25, 0.3) is 0 Å². The van der Waals surface area contributed by atoms with Gasteiger partial charge in [0.25, 0.3) is 5.91 Å². The molecule has 0 unspecified atom stereocenters. The maximum atomic E-state index is 11.8. The molecule has 0 aromatic heterocycles. The molecule has 0 fully saturated rings. The van der Waals surface area contributed by atoms with E-state index >= 15 is 0 Å². The number of hydrazone groups is 1. The average molecular weight is 519 g/mol. The fourth-order valence-corrected chi connectivity index (χ4v) is 2.98. The van der Waals surface area contributed by atoms with Crippen LogP contribution >= 0.6 is 34.2 Å². The minimum atomic E-state index is -1.09. The third-order valence-corrected chi connectivity index (χ3v) is 4.30. The number of benzene rings is 2. The van der Waals surface area contributed by atoms with Gasteiger partial charge in [0.1, 0.15) is 5.75 Å². The van der Waals surface area contributed by atoms with Crippen molar-refractivity contribution in [2.45, 2.75) is 0 Å². The first-order chi connectivity index (χ1) is 13.4. The smallest absolute Gasteiger partial charge is 0.341 e. The number of nitrogens with one attached hydrogen (secondary N) is 1. The summed E-state index contributed by atoms with van der Waals surface area (Å²) in [6.07, 6.45) is 1.42. The highest BCUT2D eigenvalue weighted by molar-refractivity contribution is 14.1. The van der Waals surface area contributed by atoms with Gasteiger partial charge in [-0.2, -0.15) is 5.10 Å². The molecule has 2 aromatic rings. The summed E-state index contributed by atoms with van der Waals surface area (Å²) < 4.78 is 16.4. The van der Waals surface area contributed by atoms with Crippen LogP contribution in [-0.4, -0.2) is 43.5 Å². The Balaban J connectivity index is 1.95. The summed E-state index contributed by atoms with van der Waals surface area (Å²) >= 11 is 7.94. The number of carboxylic acids is 1. The van der Waals surface area contributed by atoms with Crippen molar-refractivity contribution < 1.29 is 28.9 Å². The Kier molecular flexibility index (Phi) is 8.33. The number of carbonyl (C=O) groups excluding carboxylic acids is 1. The van der Waals surface area contributed by atoms with E-state index in [4.69, 9.17) is 30.9 Å². The topological polar surface area (TPSA) is 106 Å². The normalized spacial score (nSPS) is 10.5. The van der Waals surface area contributed by atoms with Crippen molar-refractivity contribution in [3.63, 3.8) is 0 Å². The number of aliphatic carboxylic acids is 1. The number of carboxylic acid groups (broad SMARTS) is 1. The van der Waals surface area contributed by atoms with Gasteiger partial charge in [-0.15, -0.1) is 0 Å².